The van der Waals surface area contributed by atoms with E-state index in [1.54, 1.807) is 6.07 Å². The third-order valence-electron chi connectivity index (χ3n) is 3.28. The van der Waals surface area contributed by atoms with Crippen molar-refractivity contribution in [3.05, 3.63) is 33.4 Å². The van der Waals surface area contributed by atoms with Gasteiger partial charge < -0.3 is 5.32 Å². The molecule has 1 aliphatic rings. The van der Waals surface area contributed by atoms with Crippen LogP contribution < -0.4 is 5.32 Å². The number of nitrogens with one attached hydrogen (secondary N) is 1. The van der Waals surface area contributed by atoms with Crippen molar-refractivity contribution >= 4 is 47.4 Å². The van der Waals surface area contributed by atoms with Crippen LogP contribution in [0.5, 0.6) is 0 Å². The van der Waals surface area contributed by atoms with Crippen LogP contribution in [-0.4, -0.2) is 37.3 Å². The van der Waals surface area contributed by atoms with E-state index < -0.39 is 18.6 Å². The minimum atomic E-state index is -4.14. The second-order valence-corrected chi connectivity index (χ2v) is 5.80. The first kappa shape index (κ1) is 21.2. The molecular formula is C13H18Cl2F3IN2. The van der Waals surface area contributed by atoms with E-state index in [2.05, 4.69) is 27.9 Å². The number of hydrogen-bond donors (Lipinski definition) is 1. The van der Waals surface area contributed by atoms with Crippen molar-refractivity contribution in [2.24, 2.45) is 0 Å². The standard InChI is InChI=1S/C13H16F3IN2.2ClH/c14-13(15,16)9-12(19-7-5-18-6-8-19)10-3-1-2-4-11(10)17;;/h1-4,12,18H,5-9H2;2*1H/t12-;;/m1../s1. The molecule has 0 saturated carbocycles. The van der Waals surface area contributed by atoms with Gasteiger partial charge in [-0.3, -0.25) is 4.90 Å². The topological polar surface area (TPSA) is 15.3 Å². The van der Waals surface area contributed by atoms with Crippen molar-refractivity contribution in [1.82, 2.24) is 10.2 Å². The van der Waals surface area contributed by atoms with Crippen molar-refractivity contribution in [2.45, 2.75) is 18.6 Å². The molecule has 1 fully saturated rings. The van der Waals surface area contributed by atoms with Crippen LogP contribution in [0.15, 0.2) is 24.3 Å². The molecule has 1 saturated heterocycles. The van der Waals surface area contributed by atoms with Gasteiger partial charge >= 0.3 is 6.18 Å². The molecule has 122 valence electrons. The minimum Gasteiger partial charge on any atom is -0.314 e. The van der Waals surface area contributed by atoms with Gasteiger partial charge in [0.25, 0.3) is 0 Å². The Balaban J connectivity index is 0.00000200. The van der Waals surface area contributed by atoms with E-state index in [1.807, 2.05) is 23.1 Å². The third-order valence-corrected chi connectivity index (χ3v) is 4.26. The molecule has 0 unspecified atom stereocenters. The Morgan fingerprint density at radius 3 is 2.24 bits per heavy atom. The van der Waals surface area contributed by atoms with Gasteiger partial charge in [0.1, 0.15) is 0 Å². The summed E-state index contributed by atoms with van der Waals surface area (Å²) in [5, 5.41) is 3.17. The van der Waals surface area contributed by atoms with Gasteiger partial charge in [0.05, 0.1) is 6.42 Å². The van der Waals surface area contributed by atoms with E-state index in [0.717, 1.165) is 22.2 Å². The van der Waals surface area contributed by atoms with E-state index >= 15 is 0 Å². The Morgan fingerprint density at radius 2 is 1.71 bits per heavy atom. The Hall–Kier alpha value is 0.240. The van der Waals surface area contributed by atoms with Crippen LogP contribution in [0.2, 0.25) is 0 Å². The molecule has 1 heterocycles. The molecule has 1 N–H and O–H groups in total. The predicted molar refractivity (Wildman–Crippen MR) is 91.5 cm³/mol. The highest BCUT2D eigenvalue weighted by Gasteiger charge is 2.36. The summed E-state index contributed by atoms with van der Waals surface area (Å²) in [6.07, 6.45) is -4.93. The first-order valence-corrected chi connectivity index (χ1v) is 7.31. The Morgan fingerprint density at radius 1 is 1.14 bits per heavy atom. The fourth-order valence-corrected chi connectivity index (χ4v) is 3.14. The van der Waals surface area contributed by atoms with Gasteiger partial charge in [-0.15, -0.1) is 24.8 Å². The number of halogens is 6. The molecule has 0 radical (unpaired) electrons. The van der Waals surface area contributed by atoms with Crippen LogP contribution in [-0.2, 0) is 0 Å². The molecule has 1 aliphatic heterocycles. The third kappa shape index (κ3) is 6.48. The van der Waals surface area contributed by atoms with Gasteiger partial charge in [0.15, 0.2) is 0 Å². The zero-order valence-electron chi connectivity index (χ0n) is 11.2. The van der Waals surface area contributed by atoms with Crippen molar-refractivity contribution in [3.8, 4) is 0 Å². The van der Waals surface area contributed by atoms with Crippen LogP contribution in [0, 0.1) is 3.57 Å². The summed E-state index contributed by atoms with van der Waals surface area (Å²) in [5.41, 5.74) is 0.780. The number of alkyl halides is 3. The molecule has 1 aromatic carbocycles. The highest BCUT2D eigenvalue weighted by atomic mass is 127. The summed E-state index contributed by atoms with van der Waals surface area (Å²) >= 11 is 2.11. The highest BCUT2D eigenvalue weighted by Crippen LogP contribution is 2.35. The molecule has 0 aliphatic carbocycles. The first-order chi connectivity index (χ1) is 8.97. The van der Waals surface area contributed by atoms with Gasteiger partial charge in [-0.25, -0.2) is 0 Å². The lowest BCUT2D eigenvalue weighted by Crippen LogP contribution is -2.46. The monoisotopic (exact) mass is 456 g/mol. The molecule has 2 rings (SSSR count). The number of benzene rings is 1. The summed E-state index contributed by atoms with van der Waals surface area (Å²) in [7, 11) is 0. The molecule has 21 heavy (non-hydrogen) atoms. The first-order valence-electron chi connectivity index (χ1n) is 6.23. The van der Waals surface area contributed by atoms with E-state index in [-0.39, 0.29) is 24.8 Å². The summed E-state index contributed by atoms with van der Waals surface area (Å²) in [6, 6.07) is 6.76. The molecule has 0 aromatic heterocycles. The molecule has 0 spiro atoms. The smallest absolute Gasteiger partial charge is 0.314 e. The minimum absolute atomic E-state index is 0. The average Bonchev–Trinajstić information content (AvgIpc) is 2.37. The highest BCUT2D eigenvalue weighted by molar-refractivity contribution is 14.1. The van der Waals surface area contributed by atoms with Crippen LogP contribution in [0.4, 0.5) is 13.2 Å². The van der Waals surface area contributed by atoms with Gasteiger partial charge in [-0.1, -0.05) is 18.2 Å². The predicted octanol–water partition coefficient (Wildman–Crippen LogP) is 4.03. The summed E-state index contributed by atoms with van der Waals surface area (Å²) < 4.78 is 39.4. The van der Waals surface area contributed by atoms with E-state index in [1.165, 1.54) is 0 Å². The number of piperazine rings is 1. The van der Waals surface area contributed by atoms with Gasteiger partial charge in [-0.2, -0.15) is 13.2 Å². The van der Waals surface area contributed by atoms with Crippen molar-refractivity contribution in [2.75, 3.05) is 26.2 Å². The van der Waals surface area contributed by atoms with E-state index in [0.29, 0.717) is 13.1 Å². The Bertz CT molecular complexity index is 426. The fraction of sp³-hybridized carbons (Fsp3) is 0.538. The molecular weight excluding hydrogens is 439 g/mol. The Labute approximate surface area is 148 Å². The molecule has 0 bridgehead atoms. The lowest BCUT2D eigenvalue weighted by molar-refractivity contribution is -0.148. The number of rotatable bonds is 3. The normalized spacial score (nSPS) is 17.5. The molecule has 0 amide bonds. The van der Waals surface area contributed by atoms with Crippen LogP contribution in [0.25, 0.3) is 0 Å². The van der Waals surface area contributed by atoms with E-state index in [9.17, 15) is 13.2 Å². The maximum absolute atomic E-state index is 12.8. The Kier molecular flexibility index (Phi) is 9.50. The zero-order chi connectivity index (χ0) is 13.9. The molecule has 1 aromatic rings. The van der Waals surface area contributed by atoms with Crippen LogP contribution in [0.3, 0.4) is 0 Å². The molecule has 1 atom stereocenters. The summed E-state index contributed by atoms with van der Waals surface area (Å²) in [6.45, 7) is 2.81. The largest absolute Gasteiger partial charge is 0.390 e. The zero-order valence-corrected chi connectivity index (χ0v) is 15.0. The van der Waals surface area contributed by atoms with Crippen molar-refractivity contribution in [1.29, 1.82) is 0 Å². The maximum Gasteiger partial charge on any atom is 0.390 e. The number of nitrogens with zero attached hydrogens (tertiary/aromatic N) is 1. The van der Waals surface area contributed by atoms with Gasteiger partial charge in [0, 0.05) is 35.8 Å². The SMILES string of the molecule is Cl.Cl.FC(F)(F)C[C@H](c1ccccc1I)N1CCNCC1. The van der Waals surface area contributed by atoms with Crippen LogP contribution >= 0.6 is 47.4 Å². The average molecular weight is 457 g/mol. The van der Waals surface area contributed by atoms with Crippen molar-refractivity contribution in [3.63, 3.8) is 0 Å². The summed E-state index contributed by atoms with van der Waals surface area (Å²) in [4.78, 5) is 1.93. The maximum atomic E-state index is 12.8. The second kappa shape index (κ2) is 9.39. The summed E-state index contributed by atoms with van der Waals surface area (Å²) in [5.74, 6) is 0. The lowest BCUT2D eigenvalue weighted by atomic mass is 10.0. The molecule has 8 heteroatoms. The fourth-order valence-electron chi connectivity index (χ4n) is 2.39. The quantitative estimate of drug-likeness (QED) is 0.690. The van der Waals surface area contributed by atoms with E-state index in [4.69, 9.17) is 0 Å². The number of hydrogen-bond acceptors (Lipinski definition) is 2. The lowest BCUT2D eigenvalue weighted by Gasteiger charge is -2.36. The van der Waals surface area contributed by atoms with Gasteiger partial charge in [-0.05, 0) is 34.2 Å². The van der Waals surface area contributed by atoms with Crippen LogP contribution in [0.1, 0.15) is 18.0 Å². The van der Waals surface area contributed by atoms with Crippen molar-refractivity contribution < 1.29 is 13.2 Å². The second-order valence-electron chi connectivity index (χ2n) is 4.64. The molecule has 2 nitrogen and oxygen atoms in total. The van der Waals surface area contributed by atoms with Gasteiger partial charge in [0.2, 0.25) is 0 Å².